The summed E-state index contributed by atoms with van der Waals surface area (Å²) in [4.78, 5) is 42.8. The highest BCUT2D eigenvalue weighted by molar-refractivity contribution is 6.22. The van der Waals surface area contributed by atoms with E-state index in [1.54, 1.807) is 55.6 Å². The molecule has 2 heterocycles. The largest absolute Gasteiger partial charge is 0.289 e. The van der Waals surface area contributed by atoms with Crippen LogP contribution in [0.25, 0.3) is 0 Å². The minimum Gasteiger partial charge on any atom is -0.274 e. The summed E-state index contributed by atoms with van der Waals surface area (Å²) in [6.07, 6.45) is 5.15. The van der Waals surface area contributed by atoms with Crippen molar-refractivity contribution in [2.24, 2.45) is 16.9 Å². The van der Waals surface area contributed by atoms with Crippen molar-refractivity contribution >= 4 is 29.1 Å². The SMILES string of the molecule is C/C(=N\NC(=O)c1ccccn1)c1ccc(N2C(=O)[C@H]3CCCC[C@@H]3C2=O)cc1. The quantitative estimate of drug-likeness (QED) is 0.494. The summed E-state index contributed by atoms with van der Waals surface area (Å²) in [5.41, 5.74) is 4.74. The molecule has 1 aromatic carbocycles. The maximum Gasteiger partial charge on any atom is 0.289 e. The number of carbonyl (C=O) groups is 3. The molecule has 1 saturated heterocycles. The van der Waals surface area contributed by atoms with Gasteiger partial charge in [-0.15, -0.1) is 0 Å². The second kappa shape index (κ2) is 7.95. The van der Waals surface area contributed by atoms with E-state index in [-0.39, 0.29) is 29.3 Å². The van der Waals surface area contributed by atoms with Gasteiger partial charge < -0.3 is 0 Å². The minimum absolute atomic E-state index is 0.0829. The smallest absolute Gasteiger partial charge is 0.274 e. The molecular weight excluding hydrogens is 368 g/mol. The van der Waals surface area contributed by atoms with Crippen LogP contribution in [0.3, 0.4) is 0 Å². The molecular formula is C22H22N4O3. The summed E-state index contributed by atoms with van der Waals surface area (Å²) < 4.78 is 0. The van der Waals surface area contributed by atoms with Crippen molar-refractivity contribution in [1.82, 2.24) is 10.4 Å². The summed E-state index contributed by atoms with van der Waals surface area (Å²) in [6, 6.07) is 12.2. The molecule has 1 aliphatic carbocycles. The van der Waals surface area contributed by atoms with Gasteiger partial charge in [-0.2, -0.15) is 5.10 Å². The predicted molar refractivity (Wildman–Crippen MR) is 108 cm³/mol. The van der Waals surface area contributed by atoms with Crippen LogP contribution >= 0.6 is 0 Å². The van der Waals surface area contributed by atoms with E-state index in [1.165, 1.54) is 4.90 Å². The molecule has 7 heteroatoms. The second-order valence-electron chi connectivity index (χ2n) is 7.41. The first-order chi connectivity index (χ1) is 14.1. The number of hydrogen-bond acceptors (Lipinski definition) is 5. The highest BCUT2D eigenvalue weighted by Crippen LogP contribution is 2.40. The highest BCUT2D eigenvalue weighted by atomic mass is 16.2. The van der Waals surface area contributed by atoms with E-state index in [0.29, 0.717) is 11.4 Å². The van der Waals surface area contributed by atoms with E-state index in [1.807, 2.05) is 0 Å². The number of carbonyl (C=O) groups excluding carboxylic acids is 3. The maximum absolute atomic E-state index is 12.7. The van der Waals surface area contributed by atoms with Crippen LogP contribution in [0.5, 0.6) is 0 Å². The molecule has 29 heavy (non-hydrogen) atoms. The van der Waals surface area contributed by atoms with Crippen molar-refractivity contribution in [1.29, 1.82) is 0 Å². The zero-order valence-electron chi connectivity index (χ0n) is 16.2. The molecule has 2 aliphatic rings. The van der Waals surface area contributed by atoms with Crippen molar-refractivity contribution in [3.63, 3.8) is 0 Å². The van der Waals surface area contributed by atoms with Crippen LogP contribution < -0.4 is 10.3 Å². The Hall–Kier alpha value is -3.35. The molecule has 1 N–H and O–H groups in total. The number of nitrogens with zero attached hydrogens (tertiary/aromatic N) is 3. The number of rotatable bonds is 4. The lowest BCUT2D eigenvalue weighted by molar-refractivity contribution is -0.122. The summed E-state index contributed by atoms with van der Waals surface area (Å²) in [5.74, 6) is -0.888. The summed E-state index contributed by atoms with van der Waals surface area (Å²) >= 11 is 0. The molecule has 148 valence electrons. The minimum atomic E-state index is -0.391. The van der Waals surface area contributed by atoms with E-state index in [2.05, 4.69) is 15.5 Å². The summed E-state index contributed by atoms with van der Waals surface area (Å²) in [7, 11) is 0. The van der Waals surface area contributed by atoms with Gasteiger partial charge >= 0.3 is 0 Å². The van der Waals surface area contributed by atoms with E-state index >= 15 is 0 Å². The third-order valence-electron chi connectivity index (χ3n) is 5.61. The van der Waals surface area contributed by atoms with Gasteiger partial charge in [0, 0.05) is 6.20 Å². The topological polar surface area (TPSA) is 91.7 Å². The molecule has 0 bridgehead atoms. The molecule has 0 spiro atoms. The molecule has 2 atom stereocenters. The fourth-order valence-electron chi connectivity index (χ4n) is 4.02. The molecule has 3 amide bonds. The monoisotopic (exact) mass is 390 g/mol. The first kappa shape index (κ1) is 19.0. The molecule has 2 fully saturated rings. The van der Waals surface area contributed by atoms with Gasteiger partial charge in [-0.25, -0.2) is 5.43 Å². The third-order valence-corrected chi connectivity index (χ3v) is 5.61. The Balaban J connectivity index is 1.47. The van der Waals surface area contributed by atoms with Crippen LogP contribution in [-0.2, 0) is 9.59 Å². The number of pyridine rings is 1. The van der Waals surface area contributed by atoms with Crippen molar-refractivity contribution in [3.05, 3.63) is 59.9 Å². The Morgan fingerprint density at radius 3 is 2.28 bits per heavy atom. The zero-order valence-corrected chi connectivity index (χ0v) is 16.2. The molecule has 0 radical (unpaired) electrons. The average molecular weight is 390 g/mol. The number of benzene rings is 1. The molecule has 1 aliphatic heterocycles. The lowest BCUT2D eigenvalue weighted by atomic mass is 9.81. The van der Waals surface area contributed by atoms with E-state index in [0.717, 1.165) is 31.2 Å². The molecule has 2 aromatic rings. The van der Waals surface area contributed by atoms with Gasteiger partial charge in [-0.1, -0.05) is 31.0 Å². The number of imide groups is 1. The zero-order chi connectivity index (χ0) is 20.4. The van der Waals surface area contributed by atoms with Crippen LogP contribution in [0.4, 0.5) is 5.69 Å². The standard InChI is InChI=1S/C22H22N4O3/c1-14(24-25-20(27)19-8-4-5-13-23-19)15-9-11-16(12-10-15)26-21(28)17-6-2-3-7-18(17)22(26)29/h4-5,8-13,17-18H,2-3,6-7H2,1H3,(H,25,27)/b24-14+/t17-,18-/m0/s1. The number of aromatic nitrogens is 1. The number of anilines is 1. The molecule has 4 rings (SSSR count). The van der Waals surface area contributed by atoms with E-state index < -0.39 is 5.91 Å². The van der Waals surface area contributed by atoms with E-state index in [9.17, 15) is 14.4 Å². The molecule has 1 saturated carbocycles. The molecule has 1 aromatic heterocycles. The van der Waals surface area contributed by atoms with Crippen LogP contribution in [-0.4, -0.2) is 28.4 Å². The van der Waals surface area contributed by atoms with Gasteiger partial charge in [0.25, 0.3) is 5.91 Å². The van der Waals surface area contributed by atoms with Crippen LogP contribution in [0.15, 0.2) is 53.8 Å². The Morgan fingerprint density at radius 1 is 1.03 bits per heavy atom. The average Bonchev–Trinajstić information content (AvgIpc) is 3.03. The first-order valence-electron chi connectivity index (χ1n) is 9.80. The van der Waals surface area contributed by atoms with Gasteiger partial charge in [0.1, 0.15) is 5.69 Å². The Labute approximate surface area is 168 Å². The van der Waals surface area contributed by atoms with Crippen molar-refractivity contribution in [2.75, 3.05) is 4.90 Å². The highest BCUT2D eigenvalue weighted by Gasteiger charge is 2.48. The Bertz CT molecular complexity index is 945. The van der Waals surface area contributed by atoms with Gasteiger partial charge in [0.15, 0.2) is 0 Å². The van der Waals surface area contributed by atoms with Crippen LogP contribution in [0.1, 0.15) is 48.7 Å². The van der Waals surface area contributed by atoms with Crippen LogP contribution in [0.2, 0.25) is 0 Å². The molecule has 0 unspecified atom stereocenters. The van der Waals surface area contributed by atoms with E-state index in [4.69, 9.17) is 0 Å². The predicted octanol–water partition coefficient (Wildman–Crippen LogP) is 2.92. The Morgan fingerprint density at radius 2 is 1.69 bits per heavy atom. The maximum atomic E-state index is 12.7. The van der Waals surface area contributed by atoms with Crippen molar-refractivity contribution in [2.45, 2.75) is 32.6 Å². The van der Waals surface area contributed by atoms with Crippen molar-refractivity contribution < 1.29 is 14.4 Å². The summed E-state index contributed by atoms with van der Waals surface area (Å²) in [5, 5.41) is 4.12. The first-order valence-corrected chi connectivity index (χ1v) is 9.80. The normalized spacial score (nSPS) is 21.8. The lowest BCUT2D eigenvalue weighted by Crippen LogP contribution is -2.30. The second-order valence-corrected chi connectivity index (χ2v) is 7.41. The van der Waals surface area contributed by atoms with Gasteiger partial charge in [0.2, 0.25) is 11.8 Å². The fourth-order valence-corrected chi connectivity index (χ4v) is 4.02. The number of nitrogens with one attached hydrogen (secondary N) is 1. The number of hydrazone groups is 1. The fraction of sp³-hybridized carbons (Fsp3) is 0.318. The number of fused-ring (bicyclic) bond motifs is 1. The van der Waals surface area contributed by atoms with Gasteiger partial charge in [-0.3, -0.25) is 24.3 Å². The number of hydrogen-bond donors (Lipinski definition) is 1. The van der Waals surface area contributed by atoms with Crippen molar-refractivity contribution in [3.8, 4) is 0 Å². The Kier molecular flexibility index (Phi) is 5.20. The number of amides is 3. The van der Waals surface area contributed by atoms with Gasteiger partial charge in [-0.05, 0) is 49.6 Å². The third kappa shape index (κ3) is 3.68. The molecule has 7 nitrogen and oxygen atoms in total. The lowest BCUT2D eigenvalue weighted by Gasteiger charge is -2.19. The van der Waals surface area contributed by atoms with Gasteiger partial charge in [0.05, 0.1) is 23.2 Å². The van der Waals surface area contributed by atoms with Crippen LogP contribution in [0, 0.1) is 11.8 Å². The summed E-state index contributed by atoms with van der Waals surface area (Å²) in [6.45, 7) is 1.77.